The molecule has 0 atom stereocenters. The van der Waals surface area contributed by atoms with Crippen LogP contribution in [0.1, 0.15) is 33.6 Å². The first kappa shape index (κ1) is 9.70. The summed E-state index contributed by atoms with van der Waals surface area (Å²) < 4.78 is 0. The summed E-state index contributed by atoms with van der Waals surface area (Å²) in [5, 5.41) is 3.34. The van der Waals surface area contributed by atoms with Gasteiger partial charge < -0.3 is 5.32 Å². The van der Waals surface area contributed by atoms with Crippen LogP contribution in [-0.4, -0.2) is 13.1 Å². The fourth-order valence-electron chi connectivity index (χ4n) is 0.680. The molecule has 1 heteroatoms. The zero-order valence-electron chi connectivity index (χ0n) is 7.41. The van der Waals surface area contributed by atoms with Crippen LogP contribution in [0.4, 0.5) is 0 Å². The number of allylic oxidation sites excluding steroid dienone is 1. The van der Waals surface area contributed by atoms with Crippen LogP contribution in [0.25, 0.3) is 0 Å². The lowest BCUT2D eigenvalue weighted by atomic mass is 10.3. The normalized spacial score (nSPS) is 9.50. The van der Waals surface area contributed by atoms with E-state index in [1.165, 1.54) is 18.4 Å². The average Bonchev–Trinajstić information content (AvgIpc) is 1.87. The van der Waals surface area contributed by atoms with E-state index in [0.29, 0.717) is 0 Å². The van der Waals surface area contributed by atoms with Crippen LogP contribution >= 0.6 is 0 Å². The van der Waals surface area contributed by atoms with Gasteiger partial charge >= 0.3 is 0 Å². The van der Waals surface area contributed by atoms with E-state index < -0.39 is 0 Å². The highest BCUT2D eigenvalue weighted by Crippen LogP contribution is 1.86. The van der Waals surface area contributed by atoms with Crippen LogP contribution in [0.3, 0.4) is 0 Å². The molecule has 0 aliphatic carbocycles. The molecule has 1 N–H and O–H groups in total. The van der Waals surface area contributed by atoms with Gasteiger partial charge in [-0.15, -0.1) is 0 Å². The fourth-order valence-corrected chi connectivity index (χ4v) is 0.680. The van der Waals surface area contributed by atoms with Crippen molar-refractivity contribution < 1.29 is 0 Å². The van der Waals surface area contributed by atoms with Gasteiger partial charge in [0.05, 0.1) is 0 Å². The largest absolute Gasteiger partial charge is 0.313 e. The highest BCUT2D eigenvalue weighted by Gasteiger charge is 1.81. The average molecular weight is 141 g/mol. The van der Waals surface area contributed by atoms with Crippen molar-refractivity contribution >= 4 is 0 Å². The summed E-state index contributed by atoms with van der Waals surface area (Å²) in [5.74, 6) is 0. The second-order valence-electron chi connectivity index (χ2n) is 2.84. The maximum absolute atomic E-state index is 3.34. The third-order valence-corrected chi connectivity index (χ3v) is 1.36. The Labute approximate surface area is 64.5 Å². The minimum Gasteiger partial charge on any atom is -0.313 e. The zero-order chi connectivity index (χ0) is 7.82. The molecule has 0 aromatic heterocycles. The van der Waals surface area contributed by atoms with Crippen LogP contribution < -0.4 is 5.32 Å². The number of hydrogen-bond acceptors (Lipinski definition) is 1. The van der Waals surface area contributed by atoms with Crippen molar-refractivity contribution in [3.05, 3.63) is 11.6 Å². The molecule has 0 bridgehead atoms. The molecule has 0 radical (unpaired) electrons. The van der Waals surface area contributed by atoms with E-state index >= 15 is 0 Å². The van der Waals surface area contributed by atoms with Crippen molar-refractivity contribution in [1.82, 2.24) is 5.32 Å². The predicted molar refractivity (Wildman–Crippen MR) is 47.2 cm³/mol. The second kappa shape index (κ2) is 6.81. The quantitative estimate of drug-likeness (QED) is 0.458. The maximum atomic E-state index is 3.34. The molecule has 0 aromatic rings. The molecule has 60 valence electrons. The first-order valence-corrected chi connectivity index (χ1v) is 4.11. The molecule has 0 rings (SSSR count). The van der Waals surface area contributed by atoms with Crippen LogP contribution in [0.5, 0.6) is 0 Å². The van der Waals surface area contributed by atoms with Crippen molar-refractivity contribution in [3.8, 4) is 0 Å². The third kappa shape index (κ3) is 7.70. The first-order valence-electron chi connectivity index (χ1n) is 4.11. The monoisotopic (exact) mass is 141 g/mol. The standard InChI is InChI=1S/C9H19N/c1-4-5-7-10-8-6-9(2)3/h6,10H,4-5,7-8H2,1-3H3. The summed E-state index contributed by atoms with van der Waals surface area (Å²) in [6.45, 7) is 8.65. The van der Waals surface area contributed by atoms with E-state index in [-0.39, 0.29) is 0 Å². The molecule has 0 fully saturated rings. The van der Waals surface area contributed by atoms with Gasteiger partial charge in [-0.3, -0.25) is 0 Å². The molecule has 0 amide bonds. The van der Waals surface area contributed by atoms with Gasteiger partial charge in [-0.1, -0.05) is 25.0 Å². The summed E-state index contributed by atoms with van der Waals surface area (Å²) >= 11 is 0. The number of hydrogen-bond donors (Lipinski definition) is 1. The lowest BCUT2D eigenvalue weighted by Gasteiger charge is -1.98. The highest BCUT2D eigenvalue weighted by atomic mass is 14.8. The lowest BCUT2D eigenvalue weighted by Crippen LogP contribution is -2.14. The summed E-state index contributed by atoms with van der Waals surface area (Å²) in [6, 6.07) is 0. The van der Waals surface area contributed by atoms with Crippen LogP contribution in [0.15, 0.2) is 11.6 Å². The molecule has 0 saturated carbocycles. The minimum atomic E-state index is 1.03. The Balaban J connectivity index is 2.98. The van der Waals surface area contributed by atoms with Crippen LogP contribution in [0.2, 0.25) is 0 Å². The molecule has 0 aromatic carbocycles. The second-order valence-corrected chi connectivity index (χ2v) is 2.84. The summed E-state index contributed by atoms with van der Waals surface area (Å²) in [7, 11) is 0. The van der Waals surface area contributed by atoms with E-state index in [4.69, 9.17) is 0 Å². The summed E-state index contributed by atoms with van der Waals surface area (Å²) in [6.07, 6.45) is 4.79. The van der Waals surface area contributed by atoms with Crippen LogP contribution in [0, 0.1) is 0 Å². The molecule has 0 heterocycles. The molecular weight excluding hydrogens is 122 g/mol. The van der Waals surface area contributed by atoms with Gasteiger partial charge in [0, 0.05) is 6.54 Å². The van der Waals surface area contributed by atoms with Crippen molar-refractivity contribution in [2.24, 2.45) is 0 Å². The van der Waals surface area contributed by atoms with Crippen molar-refractivity contribution in [3.63, 3.8) is 0 Å². The molecule has 0 aliphatic rings. The van der Waals surface area contributed by atoms with E-state index in [9.17, 15) is 0 Å². The Morgan fingerprint density at radius 1 is 1.40 bits per heavy atom. The summed E-state index contributed by atoms with van der Waals surface area (Å²) in [5.41, 5.74) is 1.39. The molecule has 0 aliphatic heterocycles. The van der Waals surface area contributed by atoms with Gasteiger partial charge in [0.15, 0.2) is 0 Å². The van der Waals surface area contributed by atoms with Gasteiger partial charge in [-0.25, -0.2) is 0 Å². The van der Waals surface area contributed by atoms with E-state index in [2.05, 4.69) is 32.2 Å². The first-order chi connectivity index (χ1) is 4.77. The zero-order valence-corrected chi connectivity index (χ0v) is 7.41. The number of rotatable bonds is 5. The van der Waals surface area contributed by atoms with Gasteiger partial charge in [-0.2, -0.15) is 0 Å². The maximum Gasteiger partial charge on any atom is 0.0137 e. The Hall–Kier alpha value is -0.300. The van der Waals surface area contributed by atoms with Gasteiger partial charge in [0.2, 0.25) is 0 Å². The van der Waals surface area contributed by atoms with E-state index in [1.807, 2.05) is 0 Å². The van der Waals surface area contributed by atoms with Gasteiger partial charge in [0.25, 0.3) is 0 Å². The molecule has 1 nitrogen and oxygen atoms in total. The molecule has 0 saturated heterocycles. The molecular formula is C9H19N. The molecule has 10 heavy (non-hydrogen) atoms. The van der Waals surface area contributed by atoms with Crippen molar-refractivity contribution in [2.75, 3.05) is 13.1 Å². The fraction of sp³-hybridized carbons (Fsp3) is 0.778. The van der Waals surface area contributed by atoms with E-state index in [0.717, 1.165) is 13.1 Å². The smallest absolute Gasteiger partial charge is 0.0137 e. The number of unbranched alkanes of at least 4 members (excludes halogenated alkanes) is 1. The lowest BCUT2D eigenvalue weighted by molar-refractivity contribution is 0.680. The molecule has 0 spiro atoms. The molecule has 0 unspecified atom stereocenters. The van der Waals surface area contributed by atoms with Crippen molar-refractivity contribution in [2.45, 2.75) is 33.6 Å². The predicted octanol–water partition coefficient (Wildman–Crippen LogP) is 2.34. The SMILES string of the molecule is CCCCNCC=C(C)C. The Morgan fingerprint density at radius 3 is 2.60 bits per heavy atom. The Bertz CT molecular complexity index is 90.9. The third-order valence-electron chi connectivity index (χ3n) is 1.36. The topological polar surface area (TPSA) is 12.0 Å². The Morgan fingerprint density at radius 2 is 2.10 bits per heavy atom. The van der Waals surface area contributed by atoms with Crippen LogP contribution in [-0.2, 0) is 0 Å². The number of nitrogens with one attached hydrogen (secondary N) is 1. The van der Waals surface area contributed by atoms with Gasteiger partial charge in [0.1, 0.15) is 0 Å². The van der Waals surface area contributed by atoms with Crippen molar-refractivity contribution in [1.29, 1.82) is 0 Å². The Kier molecular flexibility index (Phi) is 6.61. The summed E-state index contributed by atoms with van der Waals surface area (Å²) in [4.78, 5) is 0. The van der Waals surface area contributed by atoms with E-state index in [1.54, 1.807) is 0 Å². The highest BCUT2D eigenvalue weighted by molar-refractivity contribution is 4.94. The minimum absolute atomic E-state index is 1.03. The van der Waals surface area contributed by atoms with Gasteiger partial charge in [-0.05, 0) is 26.8 Å².